The number of ether oxygens (including phenoxy) is 2. The smallest absolute Gasteiger partial charge is 0.269 e. The van der Waals surface area contributed by atoms with Crippen LogP contribution in [-0.2, 0) is 0 Å². The highest BCUT2D eigenvalue weighted by Gasteiger charge is 2.51. The fraction of sp³-hybridized carbons (Fsp3) is 0.462. The van der Waals surface area contributed by atoms with E-state index in [1.54, 1.807) is 0 Å². The van der Waals surface area contributed by atoms with Gasteiger partial charge in [-0.05, 0) is 12.1 Å². The number of para-hydroxylation sites is 2. The quantitative estimate of drug-likeness (QED) is 0.725. The molecule has 84 valence electrons. The lowest BCUT2D eigenvalue weighted by molar-refractivity contribution is -0.154. The molecule has 0 bridgehead atoms. The van der Waals surface area contributed by atoms with Crippen LogP contribution in [0.3, 0.4) is 0 Å². The van der Waals surface area contributed by atoms with Gasteiger partial charge in [0.05, 0.1) is 6.07 Å². The molecule has 16 heavy (non-hydrogen) atoms. The molecule has 0 N–H and O–H groups in total. The second-order valence-electron chi connectivity index (χ2n) is 4.99. The minimum absolute atomic E-state index is 0.213. The topological polar surface area (TPSA) is 42.2 Å². The second-order valence-corrected chi connectivity index (χ2v) is 4.99. The van der Waals surface area contributed by atoms with E-state index in [0.717, 1.165) is 0 Å². The lowest BCUT2D eigenvalue weighted by atomic mass is 9.83. The van der Waals surface area contributed by atoms with Crippen molar-refractivity contribution in [2.45, 2.75) is 33.0 Å². The molecule has 0 unspecified atom stereocenters. The first-order valence-corrected chi connectivity index (χ1v) is 5.32. The molecule has 1 heterocycles. The third-order valence-electron chi connectivity index (χ3n) is 2.85. The molecule has 0 spiro atoms. The molecule has 0 saturated heterocycles. The summed E-state index contributed by atoms with van der Waals surface area (Å²) in [5, 5.41) is 8.92. The highest BCUT2D eigenvalue weighted by Crippen LogP contribution is 2.48. The van der Waals surface area contributed by atoms with Crippen LogP contribution in [0.1, 0.15) is 27.2 Å². The summed E-state index contributed by atoms with van der Waals surface area (Å²) in [5.41, 5.74) is -0.262. The maximum absolute atomic E-state index is 8.92. The van der Waals surface area contributed by atoms with Crippen molar-refractivity contribution in [3.05, 3.63) is 24.3 Å². The maximum Gasteiger partial charge on any atom is 0.269 e. The van der Waals surface area contributed by atoms with E-state index in [1.807, 2.05) is 45.0 Å². The number of nitriles is 1. The SMILES string of the molecule is CC(C)(C)C1(CC#N)Oc2ccccc2O1. The van der Waals surface area contributed by atoms with Crippen LogP contribution in [0.4, 0.5) is 0 Å². The lowest BCUT2D eigenvalue weighted by Crippen LogP contribution is -2.50. The Labute approximate surface area is 95.6 Å². The highest BCUT2D eigenvalue weighted by molar-refractivity contribution is 5.43. The molecule has 0 fully saturated rings. The molecule has 0 saturated carbocycles. The molecule has 2 rings (SSSR count). The van der Waals surface area contributed by atoms with Gasteiger partial charge in [0.25, 0.3) is 5.79 Å². The predicted molar refractivity (Wildman–Crippen MR) is 60.1 cm³/mol. The van der Waals surface area contributed by atoms with Crippen LogP contribution < -0.4 is 9.47 Å². The first-order chi connectivity index (χ1) is 7.48. The fourth-order valence-electron chi connectivity index (χ4n) is 1.74. The Bertz CT molecular complexity index is 415. The van der Waals surface area contributed by atoms with Crippen LogP contribution >= 0.6 is 0 Å². The molecule has 1 aliphatic heterocycles. The number of rotatable bonds is 1. The van der Waals surface area contributed by atoms with Crippen LogP contribution in [-0.4, -0.2) is 5.79 Å². The Kier molecular flexibility index (Phi) is 2.31. The number of benzene rings is 1. The number of hydrogen-bond donors (Lipinski definition) is 0. The molecule has 0 aliphatic carbocycles. The van der Waals surface area contributed by atoms with Crippen molar-refractivity contribution in [2.75, 3.05) is 0 Å². The van der Waals surface area contributed by atoms with Crippen LogP contribution in [0.25, 0.3) is 0 Å². The summed E-state index contributed by atoms with van der Waals surface area (Å²) in [7, 11) is 0. The number of nitrogens with zero attached hydrogens (tertiary/aromatic N) is 1. The molecule has 0 radical (unpaired) electrons. The van der Waals surface area contributed by atoms with Crippen LogP contribution in [0.5, 0.6) is 11.5 Å². The molecule has 1 aliphatic rings. The van der Waals surface area contributed by atoms with Gasteiger partial charge in [-0.15, -0.1) is 0 Å². The Hall–Kier alpha value is -1.69. The van der Waals surface area contributed by atoms with E-state index in [2.05, 4.69) is 6.07 Å². The van der Waals surface area contributed by atoms with Gasteiger partial charge in [-0.25, -0.2) is 0 Å². The minimum atomic E-state index is -0.870. The van der Waals surface area contributed by atoms with Gasteiger partial charge >= 0.3 is 0 Å². The molecule has 3 heteroatoms. The monoisotopic (exact) mass is 217 g/mol. The van der Waals surface area contributed by atoms with Gasteiger partial charge in [0, 0.05) is 5.41 Å². The highest BCUT2D eigenvalue weighted by atomic mass is 16.7. The summed E-state index contributed by atoms with van der Waals surface area (Å²) in [5.74, 6) is 0.561. The summed E-state index contributed by atoms with van der Waals surface area (Å²) in [6.07, 6.45) is 0.213. The molecule has 3 nitrogen and oxygen atoms in total. The summed E-state index contributed by atoms with van der Waals surface area (Å²) >= 11 is 0. The van der Waals surface area contributed by atoms with E-state index in [1.165, 1.54) is 0 Å². The van der Waals surface area contributed by atoms with Crippen LogP contribution in [0.15, 0.2) is 24.3 Å². The fourth-order valence-corrected chi connectivity index (χ4v) is 1.74. The summed E-state index contributed by atoms with van der Waals surface area (Å²) < 4.78 is 11.7. The molecule has 1 aromatic rings. The van der Waals surface area contributed by atoms with Crippen molar-refractivity contribution in [3.8, 4) is 17.6 Å². The number of hydrogen-bond acceptors (Lipinski definition) is 3. The molecular formula is C13H15NO2. The summed E-state index contributed by atoms with van der Waals surface area (Å²) in [4.78, 5) is 0. The van der Waals surface area contributed by atoms with Crippen molar-refractivity contribution < 1.29 is 9.47 Å². The molecule has 0 aromatic heterocycles. The Balaban J connectivity index is 2.39. The molecule has 0 amide bonds. The Morgan fingerprint density at radius 2 is 1.69 bits per heavy atom. The maximum atomic E-state index is 8.92. The largest absolute Gasteiger partial charge is 0.447 e. The zero-order valence-electron chi connectivity index (χ0n) is 9.78. The summed E-state index contributed by atoms with van der Waals surface area (Å²) in [6, 6.07) is 9.66. The van der Waals surface area contributed by atoms with E-state index in [0.29, 0.717) is 11.5 Å². The van der Waals surface area contributed by atoms with Gasteiger partial charge in [0.15, 0.2) is 11.5 Å². The van der Waals surface area contributed by atoms with E-state index < -0.39 is 5.79 Å². The van der Waals surface area contributed by atoms with Crippen molar-refractivity contribution in [3.63, 3.8) is 0 Å². The predicted octanol–water partition coefficient (Wildman–Crippen LogP) is 3.11. The van der Waals surface area contributed by atoms with E-state index >= 15 is 0 Å². The average molecular weight is 217 g/mol. The zero-order chi connectivity index (χ0) is 11.8. The first kappa shape index (κ1) is 10.8. The molecule has 1 aromatic carbocycles. The molecular weight excluding hydrogens is 202 g/mol. The normalized spacial score (nSPS) is 16.9. The van der Waals surface area contributed by atoms with E-state index in [9.17, 15) is 0 Å². The van der Waals surface area contributed by atoms with Gasteiger partial charge in [0.2, 0.25) is 0 Å². The zero-order valence-corrected chi connectivity index (χ0v) is 9.78. The van der Waals surface area contributed by atoms with Crippen molar-refractivity contribution in [1.82, 2.24) is 0 Å². The summed E-state index contributed by atoms with van der Waals surface area (Å²) in [6.45, 7) is 6.03. The standard InChI is InChI=1S/C13H15NO2/c1-12(2,3)13(8-9-14)15-10-6-4-5-7-11(10)16-13/h4-7H,8H2,1-3H3. The Morgan fingerprint density at radius 3 is 2.06 bits per heavy atom. The lowest BCUT2D eigenvalue weighted by Gasteiger charge is -2.37. The second kappa shape index (κ2) is 3.41. The van der Waals surface area contributed by atoms with E-state index in [4.69, 9.17) is 14.7 Å². The third-order valence-corrected chi connectivity index (χ3v) is 2.85. The molecule has 0 atom stereocenters. The first-order valence-electron chi connectivity index (χ1n) is 5.32. The average Bonchev–Trinajstić information content (AvgIpc) is 2.56. The van der Waals surface area contributed by atoms with E-state index in [-0.39, 0.29) is 11.8 Å². The van der Waals surface area contributed by atoms with Crippen LogP contribution in [0, 0.1) is 16.7 Å². The van der Waals surface area contributed by atoms with Crippen molar-refractivity contribution in [1.29, 1.82) is 5.26 Å². The van der Waals surface area contributed by atoms with Gasteiger partial charge in [-0.1, -0.05) is 32.9 Å². The number of fused-ring (bicyclic) bond motifs is 1. The van der Waals surface area contributed by atoms with Crippen molar-refractivity contribution in [2.24, 2.45) is 5.41 Å². The third kappa shape index (κ3) is 1.51. The van der Waals surface area contributed by atoms with Gasteiger partial charge in [0.1, 0.15) is 6.42 Å². The van der Waals surface area contributed by atoms with Gasteiger partial charge in [-0.3, -0.25) is 0 Å². The van der Waals surface area contributed by atoms with Crippen molar-refractivity contribution >= 4 is 0 Å². The van der Waals surface area contributed by atoms with Gasteiger partial charge < -0.3 is 9.47 Å². The van der Waals surface area contributed by atoms with Gasteiger partial charge in [-0.2, -0.15) is 5.26 Å². The Morgan fingerprint density at radius 1 is 1.19 bits per heavy atom. The minimum Gasteiger partial charge on any atom is -0.447 e. The van der Waals surface area contributed by atoms with Crippen LogP contribution in [0.2, 0.25) is 0 Å².